The standard InChI is InChI=1S/C15H23NS/c1-2-16-14(10-11-6-5-9-17-11)15-12-7-3-4-8-13(12)15/h5-6,9,12-16H,2-4,7-8,10H2,1H3. The van der Waals surface area contributed by atoms with Crippen LogP contribution < -0.4 is 5.32 Å². The number of likely N-dealkylation sites (N-methyl/N-ethyl adjacent to an activating group) is 1. The minimum absolute atomic E-state index is 0.742. The molecule has 2 saturated carbocycles. The molecule has 1 N–H and O–H groups in total. The van der Waals surface area contributed by atoms with Crippen LogP contribution in [-0.2, 0) is 6.42 Å². The van der Waals surface area contributed by atoms with Gasteiger partial charge in [-0.2, -0.15) is 0 Å². The fourth-order valence-electron chi connectivity index (χ4n) is 3.90. The Morgan fingerprint density at radius 1 is 1.35 bits per heavy atom. The Hall–Kier alpha value is -0.340. The molecule has 2 heteroatoms. The highest BCUT2D eigenvalue weighted by Gasteiger charge is 2.53. The van der Waals surface area contributed by atoms with Crippen molar-refractivity contribution >= 4 is 11.3 Å². The van der Waals surface area contributed by atoms with Crippen molar-refractivity contribution in [2.24, 2.45) is 17.8 Å². The van der Waals surface area contributed by atoms with Crippen molar-refractivity contribution in [3.63, 3.8) is 0 Å². The maximum atomic E-state index is 3.75. The van der Waals surface area contributed by atoms with Gasteiger partial charge in [0.2, 0.25) is 0 Å². The Balaban J connectivity index is 1.64. The summed E-state index contributed by atoms with van der Waals surface area (Å²) >= 11 is 1.92. The summed E-state index contributed by atoms with van der Waals surface area (Å²) in [6.07, 6.45) is 7.22. The summed E-state index contributed by atoms with van der Waals surface area (Å²) in [5, 5.41) is 5.95. The van der Waals surface area contributed by atoms with Crippen molar-refractivity contribution in [3.8, 4) is 0 Å². The highest BCUT2D eigenvalue weighted by Crippen LogP contribution is 2.57. The second-order valence-corrected chi connectivity index (χ2v) is 6.67. The van der Waals surface area contributed by atoms with E-state index in [2.05, 4.69) is 29.8 Å². The summed E-state index contributed by atoms with van der Waals surface area (Å²) in [5.74, 6) is 3.11. The lowest BCUT2D eigenvalue weighted by Crippen LogP contribution is -2.33. The summed E-state index contributed by atoms with van der Waals surface area (Å²) < 4.78 is 0. The molecule has 2 aliphatic rings. The maximum absolute atomic E-state index is 3.75. The molecule has 3 rings (SSSR count). The van der Waals surface area contributed by atoms with Crippen molar-refractivity contribution in [3.05, 3.63) is 22.4 Å². The topological polar surface area (TPSA) is 12.0 Å². The van der Waals surface area contributed by atoms with E-state index in [0.717, 1.165) is 30.3 Å². The normalized spacial score (nSPS) is 33.1. The Bertz CT molecular complexity index is 334. The average molecular weight is 249 g/mol. The van der Waals surface area contributed by atoms with Crippen molar-refractivity contribution in [2.75, 3.05) is 6.54 Å². The molecule has 3 atom stereocenters. The predicted octanol–water partition coefficient (Wildman–Crippen LogP) is 3.70. The lowest BCUT2D eigenvalue weighted by atomic mass is 10.0. The van der Waals surface area contributed by atoms with Crippen LogP contribution in [0.3, 0.4) is 0 Å². The summed E-state index contributed by atoms with van der Waals surface area (Å²) in [4.78, 5) is 1.56. The maximum Gasteiger partial charge on any atom is 0.0149 e. The van der Waals surface area contributed by atoms with Gasteiger partial charge >= 0.3 is 0 Å². The fourth-order valence-corrected chi connectivity index (χ4v) is 4.66. The molecule has 2 fully saturated rings. The first-order valence-corrected chi connectivity index (χ1v) is 8.04. The quantitative estimate of drug-likeness (QED) is 0.839. The van der Waals surface area contributed by atoms with Crippen molar-refractivity contribution in [1.82, 2.24) is 5.32 Å². The monoisotopic (exact) mass is 249 g/mol. The predicted molar refractivity (Wildman–Crippen MR) is 74.4 cm³/mol. The van der Waals surface area contributed by atoms with Crippen molar-refractivity contribution in [2.45, 2.75) is 45.1 Å². The average Bonchev–Trinajstić information content (AvgIpc) is 2.85. The zero-order valence-corrected chi connectivity index (χ0v) is 11.5. The summed E-state index contributed by atoms with van der Waals surface area (Å²) in [7, 11) is 0. The summed E-state index contributed by atoms with van der Waals surface area (Å²) in [6.45, 7) is 3.36. The lowest BCUT2D eigenvalue weighted by molar-refractivity contribution is 0.440. The van der Waals surface area contributed by atoms with Crippen LogP contribution in [0.4, 0.5) is 0 Å². The van der Waals surface area contributed by atoms with E-state index in [-0.39, 0.29) is 0 Å². The van der Waals surface area contributed by atoms with E-state index >= 15 is 0 Å². The van der Waals surface area contributed by atoms with E-state index in [1.807, 2.05) is 11.3 Å². The highest BCUT2D eigenvalue weighted by atomic mass is 32.1. The molecule has 2 aliphatic carbocycles. The first kappa shape index (κ1) is 11.7. The first-order chi connectivity index (χ1) is 8.40. The van der Waals surface area contributed by atoms with Gasteiger partial charge in [-0.3, -0.25) is 0 Å². The molecule has 17 heavy (non-hydrogen) atoms. The third-order valence-electron chi connectivity index (χ3n) is 4.65. The molecule has 0 amide bonds. The van der Waals surface area contributed by atoms with E-state index in [1.165, 1.54) is 32.1 Å². The number of hydrogen-bond donors (Lipinski definition) is 1. The smallest absolute Gasteiger partial charge is 0.0149 e. The molecule has 94 valence electrons. The highest BCUT2D eigenvalue weighted by molar-refractivity contribution is 7.09. The van der Waals surface area contributed by atoms with Gasteiger partial charge in [0.1, 0.15) is 0 Å². The first-order valence-electron chi connectivity index (χ1n) is 7.16. The molecule has 3 unspecified atom stereocenters. The van der Waals surface area contributed by atoms with Gasteiger partial charge in [0.05, 0.1) is 0 Å². The molecule has 1 heterocycles. The van der Waals surface area contributed by atoms with Crippen LogP contribution in [0.25, 0.3) is 0 Å². The largest absolute Gasteiger partial charge is 0.314 e. The van der Waals surface area contributed by atoms with Gasteiger partial charge < -0.3 is 5.32 Å². The minimum atomic E-state index is 0.742. The van der Waals surface area contributed by atoms with E-state index in [4.69, 9.17) is 0 Å². The molecule has 0 radical (unpaired) electrons. The van der Waals surface area contributed by atoms with Crippen LogP contribution in [0, 0.1) is 17.8 Å². The van der Waals surface area contributed by atoms with Crippen LogP contribution in [0.5, 0.6) is 0 Å². The molecule has 0 aromatic carbocycles. The zero-order chi connectivity index (χ0) is 11.7. The Morgan fingerprint density at radius 3 is 2.71 bits per heavy atom. The van der Waals surface area contributed by atoms with Gasteiger partial charge in [-0.15, -0.1) is 11.3 Å². The number of rotatable bonds is 5. The SMILES string of the molecule is CCNC(Cc1cccs1)C1C2CCCCC21. The number of thiophene rings is 1. The van der Waals surface area contributed by atoms with Crippen LogP contribution in [0.1, 0.15) is 37.5 Å². The fraction of sp³-hybridized carbons (Fsp3) is 0.733. The minimum Gasteiger partial charge on any atom is -0.314 e. The van der Waals surface area contributed by atoms with Gasteiger partial charge in [0.25, 0.3) is 0 Å². The van der Waals surface area contributed by atoms with Crippen molar-refractivity contribution < 1.29 is 0 Å². The molecule has 0 spiro atoms. The molecule has 0 aliphatic heterocycles. The zero-order valence-electron chi connectivity index (χ0n) is 10.7. The number of hydrogen-bond acceptors (Lipinski definition) is 2. The lowest BCUT2D eigenvalue weighted by Gasteiger charge is -2.17. The summed E-state index contributed by atoms with van der Waals surface area (Å²) in [6, 6.07) is 5.22. The van der Waals surface area contributed by atoms with E-state index in [9.17, 15) is 0 Å². The third kappa shape index (κ3) is 2.43. The molecule has 0 bridgehead atoms. The Kier molecular flexibility index (Phi) is 3.53. The summed E-state index contributed by atoms with van der Waals surface area (Å²) in [5.41, 5.74) is 0. The van der Waals surface area contributed by atoms with E-state index < -0.39 is 0 Å². The van der Waals surface area contributed by atoms with Gasteiger partial charge in [-0.05, 0) is 55.0 Å². The molecule has 1 nitrogen and oxygen atoms in total. The molecule has 1 aromatic heterocycles. The van der Waals surface area contributed by atoms with Crippen LogP contribution >= 0.6 is 11.3 Å². The van der Waals surface area contributed by atoms with Gasteiger partial charge in [0.15, 0.2) is 0 Å². The molecular weight excluding hydrogens is 226 g/mol. The number of fused-ring (bicyclic) bond motifs is 1. The Labute approximate surface area is 109 Å². The third-order valence-corrected chi connectivity index (χ3v) is 5.55. The van der Waals surface area contributed by atoms with Crippen LogP contribution in [0.15, 0.2) is 17.5 Å². The second kappa shape index (κ2) is 5.11. The van der Waals surface area contributed by atoms with E-state index in [1.54, 1.807) is 4.88 Å². The Morgan fingerprint density at radius 2 is 2.12 bits per heavy atom. The van der Waals surface area contributed by atoms with Crippen LogP contribution in [0.2, 0.25) is 0 Å². The molecule has 1 aromatic rings. The number of nitrogens with one attached hydrogen (secondary N) is 1. The van der Waals surface area contributed by atoms with E-state index in [0.29, 0.717) is 0 Å². The molecule has 0 saturated heterocycles. The van der Waals surface area contributed by atoms with Crippen molar-refractivity contribution in [1.29, 1.82) is 0 Å². The van der Waals surface area contributed by atoms with Gasteiger partial charge in [-0.1, -0.05) is 25.8 Å². The van der Waals surface area contributed by atoms with Crippen LogP contribution in [-0.4, -0.2) is 12.6 Å². The second-order valence-electron chi connectivity index (χ2n) is 5.64. The molecular formula is C15H23NS. The van der Waals surface area contributed by atoms with Gasteiger partial charge in [-0.25, -0.2) is 0 Å². The van der Waals surface area contributed by atoms with Gasteiger partial charge in [0, 0.05) is 10.9 Å².